The number of hydrogen-bond donors (Lipinski definition) is 5. The molecule has 3 aromatic rings. The van der Waals surface area contributed by atoms with Gasteiger partial charge in [0.15, 0.2) is 0 Å². The average Bonchev–Trinajstić information content (AvgIpc) is 3.28. The number of hydrogen-bond acceptors (Lipinski definition) is 7. The van der Waals surface area contributed by atoms with Crippen LogP contribution in [0.25, 0.3) is 5.65 Å². The van der Waals surface area contributed by atoms with E-state index in [-0.39, 0.29) is 27.5 Å². The van der Waals surface area contributed by atoms with Crippen molar-refractivity contribution < 1.29 is 0 Å². The summed E-state index contributed by atoms with van der Waals surface area (Å²) in [6.45, 7) is 1.50. The first-order chi connectivity index (χ1) is 13.4. The minimum absolute atomic E-state index is 0.00243. The van der Waals surface area contributed by atoms with E-state index < -0.39 is 0 Å². The van der Waals surface area contributed by atoms with Gasteiger partial charge in [0.1, 0.15) is 15.6 Å². The van der Waals surface area contributed by atoms with Gasteiger partial charge in [-0.15, -0.1) is 0 Å². The highest BCUT2D eigenvalue weighted by molar-refractivity contribution is 7.80. The van der Waals surface area contributed by atoms with Gasteiger partial charge in [0.05, 0.1) is 35.9 Å². The summed E-state index contributed by atoms with van der Waals surface area (Å²) in [5.41, 5.74) is 17.0. The lowest BCUT2D eigenvalue weighted by Gasteiger charge is -2.33. The molecule has 0 aromatic carbocycles. The number of rotatable bonds is 5. The molecule has 1 fully saturated rings. The van der Waals surface area contributed by atoms with Crippen molar-refractivity contribution >= 4 is 40.1 Å². The topological polar surface area (TPSA) is 144 Å². The fourth-order valence-electron chi connectivity index (χ4n) is 3.50. The summed E-state index contributed by atoms with van der Waals surface area (Å²) in [7, 11) is 0. The van der Waals surface area contributed by atoms with Crippen LogP contribution in [0.15, 0.2) is 29.5 Å². The Hall–Kier alpha value is -2.83. The second kappa shape index (κ2) is 7.30. The maximum absolute atomic E-state index is 12.3. The standard InChI is InChI=1S/C16H19N9OS2/c17-14(27)8-4-20-24(7-8)23-11-6-19-2-1-9(11)12-3-13(26)22-16-10(15(18)28)5-21-25(12)16/h3-5,7,9,11,19,23H,1-2,6H2,(H2,17,27)(H2,18,28)(H,22,26). The fraction of sp³-hybridized carbons (Fsp3) is 0.312. The molecule has 1 aliphatic rings. The van der Waals surface area contributed by atoms with E-state index >= 15 is 0 Å². The summed E-state index contributed by atoms with van der Waals surface area (Å²) >= 11 is 10.1. The van der Waals surface area contributed by atoms with Crippen molar-refractivity contribution in [2.45, 2.75) is 18.4 Å². The Balaban J connectivity index is 1.72. The van der Waals surface area contributed by atoms with Crippen LogP contribution < -0.4 is 27.8 Å². The number of thiocarbonyl (C=S) groups is 2. The lowest BCUT2D eigenvalue weighted by Crippen LogP contribution is -2.47. The summed E-state index contributed by atoms with van der Waals surface area (Å²) in [6.07, 6.45) is 5.72. The molecule has 0 bridgehead atoms. The molecule has 0 amide bonds. The zero-order chi connectivity index (χ0) is 19.8. The molecule has 3 aromatic heterocycles. The number of H-pyrrole nitrogens is 1. The maximum atomic E-state index is 12.3. The number of nitrogens with zero attached hydrogens (tertiary/aromatic N) is 4. The van der Waals surface area contributed by atoms with E-state index in [1.165, 1.54) is 0 Å². The molecular formula is C16H19N9OS2. The van der Waals surface area contributed by atoms with E-state index in [1.807, 2.05) is 0 Å². The molecule has 0 aliphatic carbocycles. The predicted molar refractivity (Wildman–Crippen MR) is 113 cm³/mol. The molecule has 1 saturated heterocycles. The normalized spacial score (nSPS) is 19.6. The van der Waals surface area contributed by atoms with Gasteiger partial charge in [-0.05, 0) is 13.0 Å². The van der Waals surface area contributed by atoms with Crippen LogP contribution in [0.3, 0.4) is 0 Å². The van der Waals surface area contributed by atoms with Gasteiger partial charge in [-0.25, -0.2) is 4.52 Å². The molecule has 0 radical (unpaired) electrons. The highest BCUT2D eigenvalue weighted by atomic mass is 32.1. The Kier molecular flexibility index (Phi) is 4.83. The third-order valence-electron chi connectivity index (χ3n) is 4.83. The van der Waals surface area contributed by atoms with Gasteiger partial charge < -0.3 is 27.2 Å². The van der Waals surface area contributed by atoms with Crippen molar-refractivity contribution in [1.29, 1.82) is 0 Å². The lowest BCUT2D eigenvalue weighted by atomic mass is 9.89. The number of nitrogens with one attached hydrogen (secondary N) is 3. The van der Waals surface area contributed by atoms with Gasteiger partial charge in [0.25, 0.3) is 5.56 Å². The molecule has 2 atom stereocenters. The van der Waals surface area contributed by atoms with Gasteiger partial charge in [-0.3, -0.25) is 4.79 Å². The van der Waals surface area contributed by atoms with Gasteiger partial charge >= 0.3 is 0 Å². The molecule has 4 heterocycles. The molecule has 0 saturated carbocycles. The zero-order valence-electron chi connectivity index (χ0n) is 14.8. The van der Waals surface area contributed by atoms with E-state index in [4.69, 9.17) is 35.9 Å². The minimum Gasteiger partial charge on any atom is -0.389 e. The lowest BCUT2D eigenvalue weighted by molar-refractivity contribution is 0.385. The van der Waals surface area contributed by atoms with Crippen molar-refractivity contribution in [2.24, 2.45) is 11.5 Å². The molecular weight excluding hydrogens is 398 g/mol. The molecule has 10 nitrogen and oxygen atoms in total. The molecule has 0 spiro atoms. The van der Waals surface area contributed by atoms with Gasteiger partial charge in [-0.2, -0.15) is 15.0 Å². The van der Waals surface area contributed by atoms with Crippen molar-refractivity contribution in [3.05, 3.63) is 51.8 Å². The van der Waals surface area contributed by atoms with E-state index in [1.54, 1.807) is 34.0 Å². The van der Waals surface area contributed by atoms with Crippen LogP contribution in [0, 0.1) is 0 Å². The number of piperidine rings is 1. The number of fused-ring (bicyclic) bond motifs is 1. The van der Waals surface area contributed by atoms with Gasteiger partial charge in [-0.1, -0.05) is 24.4 Å². The first-order valence-electron chi connectivity index (χ1n) is 8.66. The molecule has 1 aliphatic heterocycles. The third-order valence-corrected chi connectivity index (χ3v) is 5.28. The first kappa shape index (κ1) is 18.5. The highest BCUT2D eigenvalue weighted by Gasteiger charge is 2.30. The monoisotopic (exact) mass is 417 g/mol. The van der Waals surface area contributed by atoms with E-state index in [0.29, 0.717) is 23.3 Å². The van der Waals surface area contributed by atoms with Crippen molar-refractivity contribution in [3.63, 3.8) is 0 Å². The second-order valence-electron chi connectivity index (χ2n) is 6.61. The van der Waals surface area contributed by atoms with E-state index in [0.717, 1.165) is 18.7 Å². The number of nitrogens with two attached hydrogens (primary N) is 2. The van der Waals surface area contributed by atoms with Gasteiger partial charge in [0.2, 0.25) is 0 Å². The smallest absolute Gasteiger partial charge is 0.251 e. The Morgan fingerprint density at radius 2 is 2.07 bits per heavy atom. The van der Waals surface area contributed by atoms with Crippen LogP contribution in [0.1, 0.15) is 29.2 Å². The first-order valence-corrected chi connectivity index (χ1v) is 9.48. The van der Waals surface area contributed by atoms with Crippen molar-refractivity contribution in [2.75, 3.05) is 18.5 Å². The maximum Gasteiger partial charge on any atom is 0.251 e. The Morgan fingerprint density at radius 3 is 2.79 bits per heavy atom. The second-order valence-corrected chi connectivity index (χ2v) is 7.49. The molecule has 28 heavy (non-hydrogen) atoms. The zero-order valence-corrected chi connectivity index (χ0v) is 16.4. The van der Waals surface area contributed by atoms with Crippen LogP contribution >= 0.6 is 24.4 Å². The summed E-state index contributed by atoms with van der Waals surface area (Å²) in [5, 5.41) is 12.0. The van der Waals surface area contributed by atoms with Crippen LogP contribution in [0.5, 0.6) is 0 Å². The quantitative estimate of drug-likeness (QED) is 0.336. The molecule has 2 unspecified atom stereocenters. The molecule has 146 valence electrons. The van der Waals surface area contributed by atoms with Crippen LogP contribution in [-0.4, -0.2) is 53.6 Å². The summed E-state index contributed by atoms with van der Waals surface area (Å²) in [5.74, 6) is 0.00243. The molecule has 12 heteroatoms. The Labute approximate surface area is 170 Å². The van der Waals surface area contributed by atoms with E-state index in [2.05, 4.69) is 25.9 Å². The van der Waals surface area contributed by atoms with Crippen LogP contribution in [0.2, 0.25) is 0 Å². The minimum atomic E-state index is -0.229. The van der Waals surface area contributed by atoms with Crippen LogP contribution in [-0.2, 0) is 0 Å². The average molecular weight is 418 g/mol. The third kappa shape index (κ3) is 3.37. The Bertz CT molecular complexity index is 1110. The van der Waals surface area contributed by atoms with Gasteiger partial charge in [0, 0.05) is 24.1 Å². The largest absolute Gasteiger partial charge is 0.389 e. The predicted octanol–water partition coefficient (Wildman–Crippen LogP) is -0.823. The summed E-state index contributed by atoms with van der Waals surface area (Å²) in [6, 6.07) is 1.52. The molecule has 7 N–H and O–H groups in total. The number of aromatic amines is 1. The fourth-order valence-corrected chi connectivity index (χ4v) is 3.75. The molecule has 4 rings (SSSR count). The van der Waals surface area contributed by atoms with Crippen LogP contribution in [0.4, 0.5) is 0 Å². The van der Waals surface area contributed by atoms with Crippen molar-refractivity contribution in [3.8, 4) is 0 Å². The summed E-state index contributed by atoms with van der Waals surface area (Å²) in [4.78, 5) is 17.1. The SMILES string of the molecule is NC(=S)c1cnn(NC2CNCCC2c2cc(=O)[nH]c3c(C(N)=S)cnn23)c1. The van der Waals surface area contributed by atoms with E-state index in [9.17, 15) is 4.79 Å². The number of aromatic nitrogens is 5. The Morgan fingerprint density at radius 1 is 1.25 bits per heavy atom. The summed E-state index contributed by atoms with van der Waals surface area (Å²) < 4.78 is 1.70. The van der Waals surface area contributed by atoms with Crippen molar-refractivity contribution in [1.82, 2.24) is 29.8 Å². The highest BCUT2D eigenvalue weighted by Crippen LogP contribution is 2.26.